The maximum atomic E-state index is 14.0. The zero-order valence-electron chi connectivity index (χ0n) is 11.3. The summed E-state index contributed by atoms with van der Waals surface area (Å²) >= 11 is 0. The van der Waals surface area contributed by atoms with Crippen LogP contribution in [0.5, 0.6) is 0 Å². The number of halogens is 1. The van der Waals surface area contributed by atoms with Gasteiger partial charge in [0.1, 0.15) is 5.83 Å². The van der Waals surface area contributed by atoms with Crippen molar-refractivity contribution >= 4 is 5.57 Å². The molecule has 1 fully saturated rings. The van der Waals surface area contributed by atoms with E-state index in [0.29, 0.717) is 5.57 Å². The molecule has 0 aliphatic heterocycles. The molecule has 0 saturated heterocycles. The Morgan fingerprint density at radius 3 is 2.68 bits per heavy atom. The van der Waals surface area contributed by atoms with Crippen molar-refractivity contribution in [2.24, 2.45) is 11.8 Å². The summed E-state index contributed by atoms with van der Waals surface area (Å²) in [7, 11) is 0. The van der Waals surface area contributed by atoms with E-state index in [4.69, 9.17) is 0 Å². The standard InChI is InChI=1S/C18H19F/c1-3-5-18(19)17(4-2)13-7-6-12-8-15-11-16(15)10-14(12)9-13/h3-7,9,15-16H,2,8,10-11H2,1H3/b5-3-,18-17-. The van der Waals surface area contributed by atoms with Gasteiger partial charge in [-0.2, -0.15) is 0 Å². The molecule has 1 aromatic carbocycles. The van der Waals surface area contributed by atoms with Gasteiger partial charge in [0.25, 0.3) is 0 Å². The number of hydrogen-bond donors (Lipinski definition) is 0. The molecule has 0 amide bonds. The van der Waals surface area contributed by atoms with Crippen LogP contribution in [0.25, 0.3) is 5.57 Å². The molecule has 2 aliphatic carbocycles. The molecule has 2 atom stereocenters. The fraction of sp³-hybridized carbons (Fsp3) is 0.333. The maximum absolute atomic E-state index is 14.0. The topological polar surface area (TPSA) is 0 Å². The first-order valence-corrected chi connectivity index (χ1v) is 7.00. The van der Waals surface area contributed by atoms with E-state index in [9.17, 15) is 4.39 Å². The largest absolute Gasteiger partial charge is 0.206 e. The van der Waals surface area contributed by atoms with Crippen LogP contribution in [0.15, 0.2) is 48.8 Å². The van der Waals surface area contributed by atoms with Crippen LogP contribution >= 0.6 is 0 Å². The van der Waals surface area contributed by atoms with Gasteiger partial charge in [-0.05, 0) is 60.8 Å². The number of allylic oxidation sites excluding steroid dienone is 5. The average molecular weight is 254 g/mol. The average Bonchev–Trinajstić information content (AvgIpc) is 3.15. The minimum Gasteiger partial charge on any atom is -0.206 e. The smallest absolute Gasteiger partial charge is 0.130 e. The van der Waals surface area contributed by atoms with E-state index in [0.717, 1.165) is 17.4 Å². The highest BCUT2D eigenvalue weighted by atomic mass is 19.1. The molecule has 0 spiro atoms. The van der Waals surface area contributed by atoms with Crippen molar-refractivity contribution < 1.29 is 4.39 Å². The van der Waals surface area contributed by atoms with Crippen LogP contribution in [0.4, 0.5) is 4.39 Å². The third kappa shape index (κ3) is 2.30. The second kappa shape index (κ2) is 4.80. The molecule has 0 N–H and O–H groups in total. The van der Waals surface area contributed by atoms with Gasteiger partial charge in [0.2, 0.25) is 0 Å². The Morgan fingerprint density at radius 1 is 1.26 bits per heavy atom. The van der Waals surface area contributed by atoms with Gasteiger partial charge < -0.3 is 0 Å². The van der Waals surface area contributed by atoms with Crippen LogP contribution in [0, 0.1) is 11.8 Å². The van der Waals surface area contributed by atoms with Crippen molar-refractivity contribution in [1.82, 2.24) is 0 Å². The van der Waals surface area contributed by atoms with Gasteiger partial charge in [-0.25, -0.2) is 4.39 Å². The molecule has 0 radical (unpaired) electrons. The van der Waals surface area contributed by atoms with E-state index in [1.165, 1.54) is 36.5 Å². The van der Waals surface area contributed by atoms with E-state index >= 15 is 0 Å². The van der Waals surface area contributed by atoms with Crippen molar-refractivity contribution in [2.75, 3.05) is 0 Å². The molecule has 3 rings (SSSR count). The van der Waals surface area contributed by atoms with E-state index in [1.807, 2.05) is 13.0 Å². The Bertz CT molecular complexity index is 577. The summed E-state index contributed by atoms with van der Waals surface area (Å²) in [5.74, 6) is 1.60. The van der Waals surface area contributed by atoms with Crippen LogP contribution < -0.4 is 0 Å². The Labute approximate surface area is 114 Å². The van der Waals surface area contributed by atoms with Crippen LogP contribution in [-0.4, -0.2) is 0 Å². The second-order valence-corrected chi connectivity index (χ2v) is 5.61. The number of fused-ring (bicyclic) bond motifs is 2. The molecule has 1 aromatic rings. The molecule has 19 heavy (non-hydrogen) atoms. The highest BCUT2D eigenvalue weighted by molar-refractivity contribution is 5.77. The number of benzene rings is 1. The summed E-state index contributed by atoms with van der Waals surface area (Å²) < 4.78 is 14.0. The number of rotatable bonds is 3. The van der Waals surface area contributed by atoms with Crippen molar-refractivity contribution in [3.8, 4) is 0 Å². The summed E-state index contributed by atoms with van der Waals surface area (Å²) in [4.78, 5) is 0. The fourth-order valence-electron chi connectivity index (χ4n) is 3.15. The third-order valence-electron chi connectivity index (χ3n) is 4.32. The van der Waals surface area contributed by atoms with Gasteiger partial charge >= 0.3 is 0 Å². The van der Waals surface area contributed by atoms with Crippen molar-refractivity contribution in [2.45, 2.75) is 26.2 Å². The second-order valence-electron chi connectivity index (χ2n) is 5.61. The zero-order chi connectivity index (χ0) is 13.4. The van der Waals surface area contributed by atoms with E-state index in [2.05, 4.69) is 18.7 Å². The van der Waals surface area contributed by atoms with E-state index in [-0.39, 0.29) is 5.83 Å². The SMILES string of the molecule is C=C/C(=C(F)\C=C/C)c1ccc2c(c1)CC1CC1C2. The summed E-state index contributed by atoms with van der Waals surface area (Å²) in [5, 5.41) is 0. The summed E-state index contributed by atoms with van der Waals surface area (Å²) in [6.07, 6.45) is 8.58. The Hall–Kier alpha value is -1.63. The molecule has 2 aliphatic rings. The first-order chi connectivity index (χ1) is 9.22. The molecule has 98 valence electrons. The molecule has 1 heteroatoms. The number of hydrogen-bond acceptors (Lipinski definition) is 0. The lowest BCUT2D eigenvalue weighted by Gasteiger charge is -2.16. The van der Waals surface area contributed by atoms with Crippen LogP contribution in [0.2, 0.25) is 0 Å². The minimum absolute atomic E-state index is 0.211. The predicted molar refractivity (Wildman–Crippen MR) is 78.5 cm³/mol. The van der Waals surface area contributed by atoms with Crippen molar-refractivity contribution in [1.29, 1.82) is 0 Å². The predicted octanol–water partition coefficient (Wildman–Crippen LogP) is 4.86. The summed E-state index contributed by atoms with van der Waals surface area (Å²) in [6.45, 7) is 5.56. The molecule has 0 nitrogen and oxygen atoms in total. The van der Waals surface area contributed by atoms with Gasteiger partial charge in [-0.15, -0.1) is 0 Å². The van der Waals surface area contributed by atoms with Crippen molar-refractivity contribution in [3.05, 3.63) is 65.5 Å². The first-order valence-electron chi connectivity index (χ1n) is 7.00. The van der Waals surface area contributed by atoms with Gasteiger partial charge in [0, 0.05) is 5.57 Å². The highest BCUT2D eigenvalue weighted by Gasteiger charge is 2.40. The molecule has 1 saturated carbocycles. The summed E-state index contributed by atoms with van der Waals surface area (Å²) in [5.41, 5.74) is 4.41. The molecule has 0 heterocycles. The lowest BCUT2D eigenvalue weighted by atomic mass is 9.89. The lowest BCUT2D eigenvalue weighted by Crippen LogP contribution is -2.06. The Balaban J connectivity index is 1.99. The molecular weight excluding hydrogens is 235 g/mol. The zero-order valence-corrected chi connectivity index (χ0v) is 11.3. The van der Waals surface area contributed by atoms with Crippen LogP contribution in [0.1, 0.15) is 30.0 Å². The lowest BCUT2D eigenvalue weighted by molar-refractivity contribution is 0.648. The van der Waals surface area contributed by atoms with Crippen molar-refractivity contribution in [3.63, 3.8) is 0 Å². The minimum atomic E-state index is -0.211. The van der Waals surface area contributed by atoms with Gasteiger partial charge in [0.05, 0.1) is 0 Å². The molecular formula is C18H19F. The molecule has 2 unspecified atom stereocenters. The fourth-order valence-corrected chi connectivity index (χ4v) is 3.15. The highest BCUT2D eigenvalue weighted by Crippen LogP contribution is 2.48. The van der Waals surface area contributed by atoms with Crippen LogP contribution in [0.3, 0.4) is 0 Å². The van der Waals surface area contributed by atoms with E-state index in [1.54, 1.807) is 12.2 Å². The molecule has 0 bridgehead atoms. The first kappa shape index (κ1) is 12.4. The van der Waals surface area contributed by atoms with Gasteiger partial charge in [0.15, 0.2) is 0 Å². The Morgan fingerprint density at radius 2 is 2.00 bits per heavy atom. The van der Waals surface area contributed by atoms with Crippen LogP contribution in [-0.2, 0) is 12.8 Å². The third-order valence-corrected chi connectivity index (χ3v) is 4.32. The quantitative estimate of drug-likeness (QED) is 0.675. The normalized spacial score (nSPS) is 25.6. The summed E-state index contributed by atoms with van der Waals surface area (Å²) in [6, 6.07) is 6.36. The van der Waals surface area contributed by atoms with E-state index < -0.39 is 0 Å². The maximum Gasteiger partial charge on any atom is 0.130 e. The Kier molecular flexibility index (Phi) is 3.14. The van der Waals surface area contributed by atoms with Gasteiger partial charge in [-0.3, -0.25) is 0 Å². The monoisotopic (exact) mass is 254 g/mol. The van der Waals surface area contributed by atoms with Gasteiger partial charge in [-0.1, -0.05) is 36.9 Å². The molecule has 0 aromatic heterocycles.